The predicted molar refractivity (Wildman–Crippen MR) is 96.1 cm³/mol. The highest BCUT2D eigenvalue weighted by molar-refractivity contribution is 7.09. The second-order valence-electron chi connectivity index (χ2n) is 6.54. The fourth-order valence-electron chi connectivity index (χ4n) is 2.08. The molecule has 2 N–H and O–H groups in total. The van der Waals surface area contributed by atoms with Gasteiger partial charge in [-0.25, -0.2) is 9.78 Å². The van der Waals surface area contributed by atoms with E-state index in [1.165, 1.54) is 5.56 Å². The Kier molecular flexibility index (Phi) is 6.16. The van der Waals surface area contributed by atoms with Gasteiger partial charge in [0.1, 0.15) is 0 Å². The number of carbonyl (C=O) groups is 1. The quantitative estimate of drug-likeness (QED) is 0.851. The van der Waals surface area contributed by atoms with Crippen molar-refractivity contribution in [2.45, 2.75) is 39.0 Å². The maximum absolute atomic E-state index is 11.7. The van der Waals surface area contributed by atoms with Gasteiger partial charge < -0.3 is 10.6 Å². The van der Waals surface area contributed by atoms with Crippen LogP contribution in [0.4, 0.5) is 4.79 Å². The van der Waals surface area contributed by atoms with E-state index in [0.717, 1.165) is 23.5 Å². The second kappa shape index (κ2) is 8.11. The van der Waals surface area contributed by atoms with Gasteiger partial charge in [0.25, 0.3) is 0 Å². The molecule has 23 heavy (non-hydrogen) atoms. The van der Waals surface area contributed by atoms with Gasteiger partial charge in [-0.1, -0.05) is 51.1 Å². The number of rotatable bonds is 6. The minimum atomic E-state index is -0.117. The Hall–Kier alpha value is -1.88. The third-order valence-corrected chi connectivity index (χ3v) is 4.40. The summed E-state index contributed by atoms with van der Waals surface area (Å²) in [7, 11) is 0. The first-order valence-corrected chi connectivity index (χ1v) is 8.83. The lowest BCUT2D eigenvalue weighted by Gasteiger charge is -2.14. The van der Waals surface area contributed by atoms with Crippen molar-refractivity contribution in [3.8, 4) is 0 Å². The topological polar surface area (TPSA) is 54.0 Å². The lowest BCUT2D eigenvalue weighted by atomic mass is 9.93. The summed E-state index contributed by atoms with van der Waals surface area (Å²) in [6.45, 7) is 7.72. The number of nitrogens with one attached hydrogen (secondary N) is 2. The first kappa shape index (κ1) is 17.5. The maximum atomic E-state index is 11.7. The van der Waals surface area contributed by atoms with Crippen LogP contribution in [0.15, 0.2) is 35.7 Å². The van der Waals surface area contributed by atoms with Crippen molar-refractivity contribution in [2.24, 2.45) is 0 Å². The van der Waals surface area contributed by atoms with Gasteiger partial charge in [0.2, 0.25) is 0 Å². The number of amides is 2. The van der Waals surface area contributed by atoms with E-state index < -0.39 is 0 Å². The Balaban J connectivity index is 1.64. The van der Waals surface area contributed by atoms with Gasteiger partial charge in [-0.2, -0.15) is 0 Å². The molecule has 0 unspecified atom stereocenters. The van der Waals surface area contributed by atoms with E-state index >= 15 is 0 Å². The van der Waals surface area contributed by atoms with Crippen molar-refractivity contribution in [3.05, 3.63) is 52.0 Å². The molecule has 5 heteroatoms. The Morgan fingerprint density at radius 2 is 1.74 bits per heavy atom. The number of aromatic nitrogens is 1. The minimum absolute atomic E-state index is 0.0803. The summed E-state index contributed by atoms with van der Waals surface area (Å²) in [5.41, 5.74) is 2.42. The number of carbonyl (C=O) groups excluding carboxylic acids is 1. The summed E-state index contributed by atoms with van der Waals surface area (Å²) in [5.74, 6) is 0. The van der Waals surface area contributed by atoms with Crippen LogP contribution in [-0.4, -0.2) is 24.1 Å². The Labute approximate surface area is 142 Å². The summed E-state index contributed by atoms with van der Waals surface area (Å²) in [6, 6.07) is 10.0. The van der Waals surface area contributed by atoms with Crippen molar-refractivity contribution in [2.75, 3.05) is 13.1 Å². The van der Waals surface area contributed by atoms with Gasteiger partial charge in [0.05, 0.1) is 10.7 Å². The van der Waals surface area contributed by atoms with Crippen LogP contribution in [0.25, 0.3) is 0 Å². The van der Waals surface area contributed by atoms with E-state index in [9.17, 15) is 4.79 Å². The van der Waals surface area contributed by atoms with E-state index in [2.05, 4.69) is 53.9 Å². The molecule has 2 rings (SSSR count). The molecule has 1 heterocycles. The normalized spacial score (nSPS) is 11.3. The molecule has 0 fully saturated rings. The molecule has 2 amide bonds. The van der Waals surface area contributed by atoms with E-state index in [1.807, 2.05) is 18.2 Å². The van der Waals surface area contributed by atoms with Crippen molar-refractivity contribution >= 4 is 17.4 Å². The van der Waals surface area contributed by atoms with Crippen molar-refractivity contribution in [1.82, 2.24) is 15.6 Å². The summed E-state index contributed by atoms with van der Waals surface area (Å²) in [6.07, 6.45) is 1.61. The molecule has 0 radical (unpaired) electrons. The lowest BCUT2D eigenvalue weighted by Crippen LogP contribution is -2.37. The van der Waals surface area contributed by atoms with Crippen LogP contribution in [0, 0.1) is 0 Å². The molecular formula is C18H25N3OS. The zero-order valence-electron chi connectivity index (χ0n) is 14.1. The Morgan fingerprint density at radius 3 is 2.35 bits per heavy atom. The van der Waals surface area contributed by atoms with Crippen LogP contribution in [0.1, 0.15) is 37.0 Å². The smallest absolute Gasteiger partial charge is 0.314 e. The minimum Gasteiger partial charge on any atom is -0.338 e. The number of urea groups is 1. The van der Waals surface area contributed by atoms with Gasteiger partial charge >= 0.3 is 6.03 Å². The molecule has 0 aliphatic carbocycles. The zero-order chi connectivity index (χ0) is 16.7. The second-order valence-corrected chi connectivity index (χ2v) is 7.49. The zero-order valence-corrected chi connectivity index (χ0v) is 14.9. The highest BCUT2D eigenvalue weighted by Gasteiger charge is 2.17. The summed E-state index contributed by atoms with van der Waals surface area (Å²) < 4.78 is 0. The molecule has 0 bridgehead atoms. The molecule has 1 aromatic carbocycles. The van der Waals surface area contributed by atoms with Gasteiger partial charge in [0.15, 0.2) is 0 Å². The number of hydrogen-bond donors (Lipinski definition) is 2. The number of nitrogens with zero attached hydrogens (tertiary/aromatic N) is 1. The molecule has 4 nitrogen and oxygen atoms in total. The average Bonchev–Trinajstić information content (AvgIpc) is 2.97. The maximum Gasteiger partial charge on any atom is 0.314 e. The van der Waals surface area contributed by atoms with Crippen LogP contribution in [0.5, 0.6) is 0 Å². The fraction of sp³-hybridized carbons (Fsp3) is 0.444. The van der Waals surface area contributed by atoms with Crippen LogP contribution in [0.2, 0.25) is 0 Å². The summed E-state index contributed by atoms with van der Waals surface area (Å²) in [5, 5.41) is 8.94. The molecule has 0 atom stereocenters. The first-order chi connectivity index (χ1) is 10.9. The SMILES string of the molecule is CC(C)(C)c1csc(CCNC(=O)NCCc2ccccc2)n1. The van der Waals surface area contributed by atoms with Crippen LogP contribution < -0.4 is 10.6 Å². The van der Waals surface area contributed by atoms with Gasteiger partial charge in [0, 0.05) is 30.3 Å². The van der Waals surface area contributed by atoms with Crippen molar-refractivity contribution in [1.29, 1.82) is 0 Å². The van der Waals surface area contributed by atoms with Crippen LogP contribution in [-0.2, 0) is 18.3 Å². The van der Waals surface area contributed by atoms with E-state index in [1.54, 1.807) is 11.3 Å². The third kappa shape index (κ3) is 6.02. The van der Waals surface area contributed by atoms with Gasteiger partial charge in [-0.05, 0) is 12.0 Å². The molecule has 1 aromatic heterocycles. The molecule has 0 saturated heterocycles. The lowest BCUT2D eigenvalue weighted by molar-refractivity contribution is 0.241. The monoisotopic (exact) mass is 331 g/mol. The molecular weight excluding hydrogens is 306 g/mol. The number of benzene rings is 1. The van der Waals surface area contributed by atoms with E-state index in [-0.39, 0.29) is 11.4 Å². The predicted octanol–water partition coefficient (Wildman–Crippen LogP) is 3.53. The molecule has 0 aliphatic heterocycles. The largest absolute Gasteiger partial charge is 0.338 e. The molecule has 0 spiro atoms. The van der Waals surface area contributed by atoms with Crippen LogP contribution >= 0.6 is 11.3 Å². The van der Waals surface area contributed by atoms with Crippen molar-refractivity contribution in [3.63, 3.8) is 0 Å². The highest BCUT2D eigenvalue weighted by Crippen LogP contribution is 2.23. The highest BCUT2D eigenvalue weighted by atomic mass is 32.1. The van der Waals surface area contributed by atoms with Gasteiger partial charge in [-0.3, -0.25) is 0 Å². The fourth-order valence-corrected chi connectivity index (χ4v) is 3.11. The number of thiazole rings is 1. The van der Waals surface area contributed by atoms with E-state index in [0.29, 0.717) is 13.1 Å². The molecule has 0 saturated carbocycles. The van der Waals surface area contributed by atoms with E-state index in [4.69, 9.17) is 0 Å². The molecule has 124 valence electrons. The number of hydrogen-bond acceptors (Lipinski definition) is 3. The van der Waals surface area contributed by atoms with Crippen LogP contribution in [0.3, 0.4) is 0 Å². The average molecular weight is 331 g/mol. The summed E-state index contributed by atoms with van der Waals surface area (Å²) in [4.78, 5) is 16.4. The van der Waals surface area contributed by atoms with Gasteiger partial charge in [-0.15, -0.1) is 11.3 Å². The standard InChI is InChI=1S/C18H25N3OS/c1-18(2,3)15-13-23-16(21-15)10-12-20-17(22)19-11-9-14-7-5-4-6-8-14/h4-8,13H,9-12H2,1-3H3,(H2,19,20,22). The molecule has 0 aliphatic rings. The summed E-state index contributed by atoms with van der Waals surface area (Å²) >= 11 is 1.66. The third-order valence-electron chi connectivity index (χ3n) is 3.49. The Bertz CT molecular complexity index is 617. The first-order valence-electron chi connectivity index (χ1n) is 7.95. The van der Waals surface area contributed by atoms with Crippen molar-refractivity contribution < 1.29 is 4.79 Å². The Morgan fingerprint density at radius 1 is 1.09 bits per heavy atom. The molecule has 2 aromatic rings.